The molecule has 0 unspecified atom stereocenters. The lowest BCUT2D eigenvalue weighted by molar-refractivity contribution is 0.296. The van der Waals surface area contributed by atoms with Gasteiger partial charge < -0.3 is 15.2 Å². The zero-order valence-electron chi connectivity index (χ0n) is 9.48. The van der Waals surface area contributed by atoms with E-state index in [1.165, 1.54) is 0 Å². The van der Waals surface area contributed by atoms with Crippen molar-refractivity contribution in [2.45, 2.75) is 6.42 Å². The van der Waals surface area contributed by atoms with Crippen molar-refractivity contribution in [1.82, 2.24) is 4.98 Å². The molecule has 16 heavy (non-hydrogen) atoms. The van der Waals surface area contributed by atoms with Crippen LogP contribution in [0.1, 0.15) is 6.42 Å². The number of anilines is 1. The largest absolute Gasteiger partial charge is 0.493 e. The van der Waals surface area contributed by atoms with E-state index in [9.17, 15) is 0 Å². The standard InChI is InChI=1S/C11H18N2O2S/c1-15-10-4-2-5-12-11(10)13-6-9-16-8-3-7-14/h2,4-5,14H,3,6-9H2,1H3,(H,12,13). The Hall–Kier alpha value is -0.940. The minimum Gasteiger partial charge on any atom is -0.493 e. The molecule has 0 saturated heterocycles. The fourth-order valence-electron chi connectivity index (χ4n) is 1.20. The average molecular weight is 242 g/mol. The number of ether oxygens (including phenoxy) is 1. The quantitative estimate of drug-likeness (QED) is 0.678. The number of nitrogens with zero attached hydrogens (tertiary/aromatic N) is 1. The summed E-state index contributed by atoms with van der Waals surface area (Å²) in [4.78, 5) is 4.20. The number of methoxy groups -OCH3 is 1. The van der Waals surface area contributed by atoms with E-state index < -0.39 is 0 Å². The Labute approximate surface area is 100 Å². The topological polar surface area (TPSA) is 54.4 Å². The number of aliphatic hydroxyl groups excluding tert-OH is 1. The van der Waals surface area contributed by atoms with Crippen molar-refractivity contribution in [2.75, 3.05) is 37.1 Å². The van der Waals surface area contributed by atoms with Gasteiger partial charge in [0, 0.05) is 25.1 Å². The second-order valence-corrected chi connectivity index (χ2v) is 4.40. The zero-order chi connectivity index (χ0) is 11.6. The minimum atomic E-state index is 0.272. The molecule has 0 radical (unpaired) electrons. The number of rotatable bonds is 8. The highest BCUT2D eigenvalue weighted by Crippen LogP contribution is 2.19. The van der Waals surface area contributed by atoms with E-state index in [2.05, 4.69) is 10.3 Å². The van der Waals surface area contributed by atoms with Crippen LogP contribution < -0.4 is 10.1 Å². The predicted molar refractivity (Wildman–Crippen MR) is 68.3 cm³/mol. The van der Waals surface area contributed by atoms with Crippen molar-refractivity contribution in [3.8, 4) is 5.75 Å². The van der Waals surface area contributed by atoms with Crippen LogP contribution in [-0.4, -0.2) is 41.9 Å². The van der Waals surface area contributed by atoms with Gasteiger partial charge in [0.1, 0.15) is 0 Å². The van der Waals surface area contributed by atoms with Gasteiger partial charge in [-0.2, -0.15) is 11.8 Å². The molecular weight excluding hydrogens is 224 g/mol. The maximum absolute atomic E-state index is 8.61. The Morgan fingerprint density at radius 1 is 1.50 bits per heavy atom. The van der Waals surface area contributed by atoms with Crippen molar-refractivity contribution >= 4 is 17.6 Å². The molecule has 0 amide bonds. The molecule has 0 bridgehead atoms. The number of aliphatic hydroxyl groups is 1. The first-order valence-corrected chi connectivity index (χ1v) is 6.45. The Kier molecular flexibility index (Phi) is 6.76. The van der Waals surface area contributed by atoms with Gasteiger partial charge in [-0.15, -0.1) is 0 Å². The molecule has 0 atom stereocenters. The van der Waals surface area contributed by atoms with Crippen molar-refractivity contribution in [1.29, 1.82) is 0 Å². The van der Waals surface area contributed by atoms with Gasteiger partial charge in [0.15, 0.2) is 11.6 Å². The fraction of sp³-hybridized carbons (Fsp3) is 0.545. The number of pyridine rings is 1. The normalized spacial score (nSPS) is 10.1. The van der Waals surface area contributed by atoms with E-state index in [-0.39, 0.29) is 6.61 Å². The van der Waals surface area contributed by atoms with Crippen LogP contribution in [-0.2, 0) is 0 Å². The summed E-state index contributed by atoms with van der Waals surface area (Å²) in [5.41, 5.74) is 0. The van der Waals surface area contributed by atoms with Gasteiger partial charge in [0.05, 0.1) is 7.11 Å². The lowest BCUT2D eigenvalue weighted by Crippen LogP contribution is -2.07. The third-order valence-corrected chi connectivity index (χ3v) is 3.05. The third-order valence-electron chi connectivity index (χ3n) is 1.98. The van der Waals surface area contributed by atoms with Gasteiger partial charge in [0.2, 0.25) is 0 Å². The van der Waals surface area contributed by atoms with E-state index in [0.29, 0.717) is 0 Å². The smallest absolute Gasteiger partial charge is 0.168 e. The predicted octanol–water partition coefficient (Wildman–Crippen LogP) is 1.62. The number of hydrogen-bond donors (Lipinski definition) is 2. The molecule has 0 aliphatic rings. The molecule has 1 aromatic rings. The van der Waals surface area contributed by atoms with E-state index in [1.54, 1.807) is 13.3 Å². The summed E-state index contributed by atoms with van der Waals surface area (Å²) < 4.78 is 5.18. The Bertz CT molecular complexity index is 297. The first-order valence-electron chi connectivity index (χ1n) is 5.30. The molecule has 1 rings (SSSR count). The molecule has 90 valence electrons. The van der Waals surface area contributed by atoms with E-state index >= 15 is 0 Å². The molecule has 1 aromatic heterocycles. The van der Waals surface area contributed by atoms with Crippen molar-refractivity contribution in [3.05, 3.63) is 18.3 Å². The Morgan fingerprint density at radius 2 is 2.38 bits per heavy atom. The van der Waals surface area contributed by atoms with Crippen LogP contribution in [0.2, 0.25) is 0 Å². The van der Waals surface area contributed by atoms with Crippen LogP contribution in [0.15, 0.2) is 18.3 Å². The highest BCUT2D eigenvalue weighted by molar-refractivity contribution is 7.99. The van der Waals surface area contributed by atoms with E-state index in [0.717, 1.165) is 36.0 Å². The van der Waals surface area contributed by atoms with Crippen molar-refractivity contribution in [3.63, 3.8) is 0 Å². The molecule has 0 spiro atoms. The van der Waals surface area contributed by atoms with E-state index in [1.807, 2.05) is 23.9 Å². The number of nitrogens with one attached hydrogen (secondary N) is 1. The summed E-state index contributed by atoms with van der Waals surface area (Å²) in [6, 6.07) is 3.73. The second kappa shape index (κ2) is 8.24. The molecule has 0 aromatic carbocycles. The maximum Gasteiger partial charge on any atom is 0.168 e. The number of hydrogen-bond acceptors (Lipinski definition) is 5. The van der Waals surface area contributed by atoms with Gasteiger partial charge >= 0.3 is 0 Å². The van der Waals surface area contributed by atoms with Crippen LogP contribution >= 0.6 is 11.8 Å². The second-order valence-electron chi connectivity index (χ2n) is 3.17. The minimum absolute atomic E-state index is 0.272. The molecule has 1 heterocycles. The fourth-order valence-corrected chi connectivity index (χ4v) is 1.98. The van der Waals surface area contributed by atoms with Crippen LogP contribution in [0.5, 0.6) is 5.75 Å². The van der Waals surface area contributed by atoms with Gasteiger partial charge in [-0.25, -0.2) is 4.98 Å². The highest BCUT2D eigenvalue weighted by Gasteiger charge is 2.01. The Morgan fingerprint density at radius 3 is 3.12 bits per heavy atom. The van der Waals surface area contributed by atoms with Crippen molar-refractivity contribution in [2.24, 2.45) is 0 Å². The first-order chi connectivity index (χ1) is 7.88. The summed E-state index contributed by atoms with van der Waals surface area (Å²) in [5.74, 6) is 3.55. The number of thioether (sulfide) groups is 1. The third kappa shape index (κ3) is 4.72. The van der Waals surface area contributed by atoms with Crippen molar-refractivity contribution < 1.29 is 9.84 Å². The highest BCUT2D eigenvalue weighted by atomic mass is 32.2. The molecule has 0 saturated carbocycles. The van der Waals surface area contributed by atoms with Gasteiger partial charge in [-0.05, 0) is 24.3 Å². The summed E-state index contributed by atoms with van der Waals surface area (Å²) in [7, 11) is 1.64. The molecule has 0 aliphatic carbocycles. The molecule has 0 fully saturated rings. The van der Waals surface area contributed by atoms with Crippen LogP contribution in [0.25, 0.3) is 0 Å². The SMILES string of the molecule is COc1cccnc1NCCSCCCO. The van der Waals surface area contributed by atoms with E-state index in [4.69, 9.17) is 9.84 Å². The summed E-state index contributed by atoms with van der Waals surface area (Å²) in [6.45, 7) is 1.12. The summed E-state index contributed by atoms with van der Waals surface area (Å²) >= 11 is 1.82. The summed E-state index contributed by atoms with van der Waals surface area (Å²) in [5, 5.41) is 11.8. The lowest BCUT2D eigenvalue weighted by Gasteiger charge is -2.09. The van der Waals surface area contributed by atoms with Crippen LogP contribution in [0, 0.1) is 0 Å². The van der Waals surface area contributed by atoms with Crippen LogP contribution in [0.4, 0.5) is 5.82 Å². The molecule has 2 N–H and O–H groups in total. The molecule has 4 nitrogen and oxygen atoms in total. The zero-order valence-corrected chi connectivity index (χ0v) is 10.3. The molecule has 0 aliphatic heterocycles. The molecule has 5 heteroatoms. The van der Waals surface area contributed by atoms with Crippen LogP contribution in [0.3, 0.4) is 0 Å². The Balaban J connectivity index is 2.21. The van der Waals surface area contributed by atoms with Gasteiger partial charge in [-0.1, -0.05) is 0 Å². The first kappa shape index (κ1) is 13.1. The molecular formula is C11H18N2O2S. The summed E-state index contributed by atoms with van der Waals surface area (Å²) in [6.07, 6.45) is 2.60. The maximum atomic E-state index is 8.61. The number of aromatic nitrogens is 1. The van der Waals surface area contributed by atoms with Gasteiger partial charge in [-0.3, -0.25) is 0 Å². The van der Waals surface area contributed by atoms with Gasteiger partial charge in [0.25, 0.3) is 0 Å². The monoisotopic (exact) mass is 242 g/mol. The lowest BCUT2D eigenvalue weighted by atomic mass is 10.4. The average Bonchev–Trinajstić information content (AvgIpc) is 2.34.